The summed E-state index contributed by atoms with van der Waals surface area (Å²) in [6.45, 7) is 0.479. The van der Waals surface area contributed by atoms with Gasteiger partial charge in [-0.3, -0.25) is 4.79 Å². The molecule has 1 unspecified atom stereocenters. The molecule has 0 aromatic carbocycles. The van der Waals surface area contributed by atoms with Crippen molar-refractivity contribution in [1.82, 2.24) is 10.0 Å². The Labute approximate surface area is 147 Å². The Morgan fingerprint density at radius 1 is 1.33 bits per heavy atom. The first-order valence-corrected chi connectivity index (χ1v) is 10.8. The predicted octanol–water partition coefficient (Wildman–Crippen LogP) is 2.27. The minimum atomic E-state index is -3.50. The lowest BCUT2D eigenvalue weighted by molar-refractivity contribution is -0.0618. The molecule has 1 atom stereocenters. The summed E-state index contributed by atoms with van der Waals surface area (Å²) in [6.07, 6.45) is 8.15. The smallest absolute Gasteiger partial charge is 0.261 e. The monoisotopic (exact) mass is 372 g/mol. The van der Waals surface area contributed by atoms with Gasteiger partial charge in [0.15, 0.2) is 0 Å². The fraction of sp³-hybridized carbons (Fsp3) is 0.688. The summed E-state index contributed by atoms with van der Waals surface area (Å²) < 4.78 is 31.9. The van der Waals surface area contributed by atoms with Crippen LogP contribution in [0.3, 0.4) is 0 Å². The van der Waals surface area contributed by atoms with Crippen LogP contribution in [0, 0.1) is 0 Å². The van der Waals surface area contributed by atoms with Crippen LogP contribution in [-0.4, -0.2) is 39.6 Å². The van der Waals surface area contributed by atoms with E-state index in [9.17, 15) is 13.2 Å². The molecular formula is C16H24N2O4S2. The minimum Gasteiger partial charge on any atom is -0.370 e. The SMILES string of the molecule is CNS(=O)(=O)c1csc(C(=O)NCC2CCC3(CCCCC3)O2)c1. The van der Waals surface area contributed by atoms with Gasteiger partial charge in [-0.25, -0.2) is 13.1 Å². The molecule has 2 aliphatic rings. The average molecular weight is 373 g/mol. The lowest BCUT2D eigenvalue weighted by Gasteiger charge is -2.33. The van der Waals surface area contributed by atoms with E-state index in [0.717, 1.165) is 37.0 Å². The fourth-order valence-electron chi connectivity index (χ4n) is 3.59. The van der Waals surface area contributed by atoms with Crippen molar-refractivity contribution in [2.24, 2.45) is 0 Å². The third kappa shape index (κ3) is 3.82. The molecule has 134 valence electrons. The Morgan fingerprint density at radius 3 is 2.79 bits per heavy atom. The molecule has 2 fully saturated rings. The first-order valence-electron chi connectivity index (χ1n) is 8.42. The van der Waals surface area contributed by atoms with E-state index in [4.69, 9.17) is 4.74 Å². The molecule has 0 bridgehead atoms. The van der Waals surface area contributed by atoms with Gasteiger partial charge in [0.05, 0.1) is 21.5 Å². The van der Waals surface area contributed by atoms with Crippen LogP contribution < -0.4 is 10.0 Å². The molecule has 2 heterocycles. The van der Waals surface area contributed by atoms with Crippen molar-refractivity contribution in [1.29, 1.82) is 0 Å². The van der Waals surface area contributed by atoms with Gasteiger partial charge in [-0.1, -0.05) is 19.3 Å². The lowest BCUT2D eigenvalue weighted by Crippen LogP contribution is -2.36. The molecule has 1 aliphatic carbocycles. The van der Waals surface area contributed by atoms with E-state index in [2.05, 4.69) is 10.0 Å². The van der Waals surface area contributed by atoms with Crippen molar-refractivity contribution < 1.29 is 17.9 Å². The minimum absolute atomic E-state index is 0.0462. The number of carbonyl (C=O) groups is 1. The second-order valence-electron chi connectivity index (χ2n) is 6.59. The summed E-state index contributed by atoms with van der Waals surface area (Å²) in [5, 5.41) is 4.35. The molecule has 6 nitrogen and oxygen atoms in total. The molecule has 1 aliphatic heterocycles. The number of amides is 1. The Bertz CT molecular complexity index is 693. The molecule has 3 rings (SSSR count). The van der Waals surface area contributed by atoms with Gasteiger partial charge in [0.2, 0.25) is 10.0 Å². The van der Waals surface area contributed by atoms with Crippen LogP contribution in [-0.2, 0) is 14.8 Å². The van der Waals surface area contributed by atoms with Gasteiger partial charge >= 0.3 is 0 Å². The maximum absolute atomic E-state index is 12.2. The quantitative estimate of drug-likeness (QED) is 0.830. The number of carbonyl (C=O) groups excluding carboxylic acids is 1. The van der Waals surface area contributed by atoms with Crippen LogP contribution in [0.2, 0.25) is 0 Å². The first kappa shape index (κ1) is 17.8. The van der Waals surface area contributed by atoms with Gasteiger partial charge in [0, 0.05) is 11.9 Å². The summed E-state index contributed by atoms with van der Waals surface area (Å²) in [6, 6.07) is 1.41. The number of hydrogen-bond acceptors (Lipinski definition) is 5. The Morgan fingerprint density at radius 2 is 2.08 bits per heavy atom. The normalized spacial score (nSPS) is 23.5. The topological polar surface area (TPSA) is 84.5 Å². The van der Waals surface area contributed by atoms with Gasteiger partial charge < -0.3 is 10.1 Å². The molecule has 0 radical (unpaired) electrons. The maximum atomic E-state index is 12.2. The summed E-state index contributed by atoms with van der Waals surface area (Å²) in [5.74, 6) is -0.245. The highest BCUT2D eigenvalue weighted by Gasteiger charge is 2.40. The molecule has 1 amide bonds. The highest BCUT2D eigenvalue weighted by atomic mass is 32.2. The third-order valence-electron chi connectivity index (χ3n) is 4.97. The molecule has 1 saturated carbocycles. The van der Waals surface area contributed by atoms with E-state index >= 15 is 0 Å². The average Bonchev–Trinajstić information content (AvgIpc) is 3.22. The molecular weight excluding hydrogens is 348 g/mol. The van der Waals surface area contributed by atoms with Crippen LogP contribution in [0.5, 0.6) is 0 Å². The van der Waals surface area contributed by atoms with Crippen molar-refractivity contribution in [3.05, 3.63) is 16.3 Å². The number of ether oxygens (including phenoxy) is 1. The molecule has 1 aromatic rings. The van der Waals surface area contributed by atoms with Crippen LogP contribution >= 0.6 is 11.3 Å². The molecule has 1 aromatic heterocycles. The second-order valence-corrected chi connectivity index (χ2v) is 9.38. The van der Waals surface area contributed by atoms with Gasteiger partial charge in [0.1, 0.15) is 0 Å². The van der Waals surface area contributed by atoms with Gasteiger partial charge in [0.25, 0.3) is 5.91 Å². The summed E-state index contributed by atoms with van der Waals surface area (Å²) in [7, 11) is -2.15. The van der Waals surface area contributed by atoms with Gasteiger partial charge in [-0.15, -0.1) is 11.3 Å². The predicted molar refractivity (Wildman–Crippen MR) is 92.8 cm³/mol. The third-order valence-corrected chi connectivity index (χ3v) is 7.44. The molecule has 8 heteroatoms. The van der Waals surface area contributed by atoms with Crippen LogP contribution in [0.4, 0.5) is 0 Å². The van der Waals surface area contributed by atoms with Crippen LogP contribution in [0.25, 0.3) is 0 Å². The molecule has 2 N–H and O–H groups in total. The molecule has 1 spiro atoms. The Hall–Kier alpha value is -0.960. The number of sulfonamides is 1. The zero-order chi connectivity index (χ0) is 17.2. The van der Waals surface area contributed by atoms with Crippen LogP contribution in [0.15, 0.2) is 16.3 Å². The van der Waals surface area contributed by atoms with Crippen molar-refractivity contribution >= 4 is 27.3 Å². The van der Waals surface area contributed by atoms with Crippen molar-refractivity contribution in [2.45, 2.75) is 61.5 Å². The standard InChI is InChI=1S/C16H24N2O4S2/c1-17-24(20,21)13-9-14(23-11-13)15(19)18-10-12-5-8-16(22-12)6-3-2-4-7-16/h9,11-12,17H,2-8,10H2,1H3,(H,18,19). The van der Waals surface area contributed by atoms with E-state index < -0.39 is 10.0 Å². The van der Waals surface area contributed by atoms with Crippen molar-refractivity contribution in [3.8, 4) is 0 Å². The number of nitrogens with one attached hydrogen (secondary N) is 2. The van der Waals surface area contributed by atoms with Crippen LogP contribution in [0.1, 0.15) is 54.6 Å². The highest BCUT2D eigenvalue weighted by molar-refractivity contribution is 7.89. The Kier molecular flexibility index (Phi) is 5.29. The van der Waals surface area contributed by atoms with Gasteiger partial charge in [-0.05, 0) is 38.8 Å². The fourth-order valence-corrected chi connectivity index (χ4v) is 5.51. The molecule has 24 heavy (non-hydrogen) atoms. The summed E-state index contributed by atoms with van der Waals surface area (Å²) >= 11 is 1.13. The van der Waals surface area contributed by atoms with E-state index in [0.29, 0.717) is 11.4 Å². The highest BCUT2D eigenvalue weighted by Crippen LogP contribution is 2.41. The number of thiophene rings is 1. The van der Waals surface area contributed by atoms with E-state index in [1.807, 2.05) is 0 Å². The summed E-state index contributed by atoms with van der Waals surface area (Å²) in [5.41, 5.74) is 0.0462. The maximum Gasteiger partial charge on any atom is 0.261 e. The first-order chi connectivity index (χ1) is 11.4. The largest absolute Gasteiger partial charge is 0.370 e. The van der Waals surface area contributed by atoms with Gasteiger partial charge in [-0.2, -0.15) is 0 Å². The Balaban J connectivity index is 1.53. The van der Waals surface area contributed by atoms with E-state index in [-0.39, 0.29) is 22.5 Å². The zero-order valence-electron chi connectivity index (χ0n) is 13.8. The van der Waals surface area contributed by atoms with E-state index in [1.54, 1.807) is 0 Å². The van der Waals surface area contributed by atoms with Crippen molar-refractivity contribution in [2.75, 3.05) is 13.6 Å². The lowest BCUT2D eigenvalue weighted by atomic mass is 9.83. The second kappa shape index (κ2) is 7.11. The van der Waals surface area contributed by atoms with E-state index in [1.165, 1.54) is 37.8 Å². The number of hydrogen-bond donors (Lipinski definition) is 2. The summed E-state index contributed by atoms with van der Waals surface area (Å²) in [4.78, 5) is 12.7. The zero-order valence-corrected chi connectivity index (χ0v) is 15.5. The van der Waals surface area contributed by atoms with Crippen molar-refractivity contribution in [3.63, 3.8) is 0 Å². The number of rotatable bonds is 5. The molecule has 1 saturated heterocycles.